The monoisotopic (exact) mass is 262 g/mol. The Morgan fingerprint density at radius 1 is 1.21 bits per heavy atom. The minimum Gasteiger partial charge on any atom is -0.507 e. The van der Waals surface area contributed by atoms with E-state index in [1.54, 1.807) is 0 Å². The zero-order valence-corrected chi connectivity index (χ0v) is 10.1. The fourth-order valence-electron chi connectivity index (χ4n) is 1.88. The Hall–Kier alpha value is -2.50. The minimum absolute atomic E-state index is 0.0897. The third-order valence-corrected chi connectivity index (χ3v) is 2.83. The van der Waals surface area contributed by atoms with E-state index in [0.717, 1.165) is 12.8 Å². The summed E-state index contributed by atoms with van der Waals surface area (Å²) < 4.78 is 0. The predicted molar refractivity (Wildman–Crippen MR) is 69.4 cm³/mol. The molecule has 0 aliphatic heterocycles. The lowest BCUT2D eigenvalue weighted by atomic mass is 10.2. The number of nitrogens with one attached hydrogen (secondary N) is 2. The molecular weight excluding hydrogens is 248 g/mol. The quantitative estimate of drug-likeness (QED) is 0.625. The normalized spacial score (nSPS) is 14.3. The molecule has 4 N–H and O–H groups in total. The van der Waals surface area contributed by atoms with Crippen LogP contribution in [0.3, 0.4) is 0 Å². The van der Waals surface area contributed by atoms with Gasteiger partial charge >= 0.3 is 12.0 Å². The Balaban J connectivity index is 1.97. The molecule has 0 saturated carbocycles. The number of benzene rings is 1. The number of carboxylic acids is 1. The number of aromatic carboxylic acids is 1. The third kappa shape index (κ3) is 3.25. The highest BCUT2D eigenvalue weighted by atomic mass is 16.4. The number of rotatable bonds is 3. The minimum atomic E-state index is -1.22. The lowest BCUT2D eigenvalue weighted by Gasteiger charge is -2.13. The van der Waals surface area contributed by atoms with Crippen molar-refractivity contribution in [1.29, 1.82) is 0 Å². The number of anilines is 1. The van der Waals surface area contributed by atoms with Crippen LogP contribution < -0.4 is 10.6 Å². The molecule has 0 saturated heterocycles. The summed E-state index contributed by atoms with van der Waals surface area (Å²) in [7, 11) is 0. The second-order valence-corrected chi connectivity index (χ2v) is 4.28. The Bertz CT molecular complexity index is 531. The Morgan fingerprint density at radius 3 is 2.47 bits per heavy atom. The van der Waals surface area contributed by atoms with E-state index >= 15 is 0 Å². The molecule has 2 rings (SSSR count). The molecule has 6 heteroatoms. The van der Waals surface area contributed by atoms with Gasteiger partial charge in [0.25, 0.3) is 0 Å². The zero-order valence-electron chi connectivity index (χ0n) is 10.1. The van der Waals surface area contributed by atoms with Crippen LogP contribution in [-0.2, 0) is 0 Å². The van der Waals surface area contributed by atoms with Gasteiger partial charge in [0.05, 0.1) is 0 Å². The Morgan fingerprint density at radius 2 is 1.89 bits per heavy atom. The topological polar surface area (TPSA) is 98.7 Å². The van der Waals surface area contributed by atoms with Gasteiger partial charge in [-0.3, -0.25) is 0 Å². The molecule has 1 aromatic rings. The molecule has 0 bridgehead atoms. The molecule has 0 aromatic heterocycles. The molecule has 6 nitrogen and oxygen atoms in total. The van der Waals surface area contributed by atoms with Gasteiger partial charge < -0.3 is 20.8 Å². The van der Waals surface area contributed by atoms with E-state index < -0.39 is 5.97 Å². The Labute approximate surface area is 109 Å². The van der Waals surface area contributed by atoms with Crippen LogP contribution >= 0.6 is 0 Å². The molecule has 0 atom stereocenters. The number of carbonyl (C=O) groups excluding carboxylic acids is 1. The van der Waals surface area contributed by atoms with Gasteiger partial charge in [0, 0.05) is 17.8 Å². The van der Waals surface area contributed by atoms with E-state index in [1.807, 2.05) is 12.2 Å². The van der Waals surface area contributed by atoms with Gasteiger partial charge in [-0.05, 0) is 25.0 Å². The molecule has 0 radical (unpaired) electrons. The van der Waals surface area contributed by atoms with Crippen LogP contribution in [0.5, 0.6) is 5.75 Å². The lowest BCUT2D eigenvalue weighted by molar-refractivity contribution is 0.0694. The highest BCUT2D eigenvalue weighted by molar-refractivity contribution is 5.94. The van der Waals surface area contributed by atoms with Crippen molar-refractivity contribution in [2.75, 3.05) is 5.32 Å². The number of urea groups is 1. The van der Waals surface area contributed by atoms with Crippen LogP contribution in [0.15, 0.2) is 30.4 Å². The van der Waals surface area contributed by atoms with E-state index in [1.165, 1.54) is 18.2 Å². The first-order valence-electron chi connectivity index (χ1n) is 5.85. The smallest absolute Gasteiger partial charge is 0.339 e. The molecule has 0 heterocycles. The number of carboxylic acid groups (broad SMARTS) is 1. The second kappa shape index (κ2) is 5.43. The predicted octanol–water partition coefficient (Wildman–Crippen LogP) is 1.93. The summed E-state index contributed by atoms with van der Waals surface area (Å²) in [5.41, 5.74) is 0.136. The molecule has 19 heavy (non-hydrogen) atoms. The molecule has 0 unspecified atom stereocenters. The number of hydrogen-bond donors (Lipinski definition) is 4. The maximum Gasteiger partial charge on any atom is 0.339 e. The van der Waals surface area contributed by atoms with Crippen LogP contribution in [-0.4, -0.2) is 28.3 Å². The molecular formula is C13H14N2O4. The van der Waals surface area contributed by atoms with Gasteiger partial charge in [-0.2, -0.15) is 0 Å². The highest BCUT2D eigenvalue weighted by Gasteiger charge is 2.14. The van der Waals surface area contributed by atoms with Crippen LogP contribution in [0, 0.1) is 0 Å². The average molecular weight is 262 g/mol. The summed E-state index contributed by atoms with van der Waals surface area (Å²) in [6.45, 7) is 0. The summed E-state index contributed by atoms with van der Waals surface area (Å²) in [6.07, 6.45) is 5.60. The van der Waals surface area contributed by atoms with Crippen molar-refractivity contribution in [2.24, 2.45) is 0 Å². The molecule has 0 fully saturated rings. The summed E-state index contributed by atoms with van der Waals surface area (Å²) in [6, 6.07) is 3.58. The second-order valence-electron chi connectivity index (χ2n) is 4.28. The SMILES string of the molecule is O=C(Nc1ccc(C(=O)O)c(O)c1)NC1CC=CC1. The molecule has 100 valence electrons. The standard InChI is InChI=1S/C13H14N2O4/c16-11-7-9(5-6-10(11)12(17)18)15-13(19)14-8-3-1-2-4-8/h1-2,5-8,16H,3-4H2,(H,17,18)(H2,14,15,19). The van der Waals surface area contributed by atoms with Gasteiger partial charge in [0.1, 0.15) is 11.3 Å². The first kappa shape index (κ1) is 12.9. The van der Waals surface area contributed by atoms with Crippen molar-refractivity contribution in [3.05, 3.63) is 35.9 Å². The number of amides is 2. The van der Waals surface area contributed by atoms with E-state index in [9.17, 15) is 14.7 Å². The van der Waals surface area contributed by atoms with Gasteiger partial charge in [0.2, 0.25) is 0 Å². The maximum absolute atomic E-state index is 11.7. The summed E-state index contributed by atoms with van der Waals surface area (Å²) in [4.78, 5) is 22.4. The Kier molecular flexibility index (Phi) is 3.70. The van der Waals surface area contributed by atoms with E-state index in [-0.39, 0.29) is 23.4 Å². The lowest BCUT2D eigenvalue weighted by Crippen LogP contribution is -2.36. The van der Waals surface area contributed by atoms with Crippen molar-refractivity contribution in [1.82, 2.24) is 5.32 Å². The van der Waals surface area contributed by atoms with Crippen LogP contribution in [0.2, 0.25) is 0 Å². The molecule has 1 aliphatic rings. The molecule has 1 aromatic carbocycles. The van der Waals surface area contributed by atoms with Crippen LogP contribution in [0.4, 0.5) is 10.5 Å². The molecule has 2 amide bonds. The summed E-state index contributed by atoms with van der Waals surface area (Å²) in [5, 5.41) is 23.6. The van der Waals surface area contributed by atoms with Gasteiger partial charge in [-0.15, -0.1) is 0 Å². The van der Waals surface area contributed by atoms with Gasteiger partial charge in [-0.1, -0.05) is 12.2 Å². The average Bonchev–Trinajstić information content (AvgIpc) is 2.81. The number of carbonyl (C=O) groups is 2. The van der Waals surface area contributed by atoms with Gasteiger partial charge in [0.15, 0.2) is 0 Å². The largest absolute Gasteiger partial charge is 0.507 e. The van der Waals surface area contributed by atoms with Crippen molar-refractivity contribution in [3.8, 4) is 5.75 Å². The summed E-state index contributed by atoms with van der Waals surface area (Å²) >= 11 is 0. The fraction of sp³-hybridized carbons (Fsp3) is 0.231. The first-order valence-corrected chi connectivity index (χ1v) is 5.85. The summed E-state index contributed by atoms with van der Waals surface area (Å²) in [5.74, 6) is -1.60. The number of aromatic hydroxyl groups is 1. The van der Waals surface area contributed by atoms with Crippen molar-refractivity contribution >= 4 is 17.7 Å². The van der Waals surface area contributed by atoms with Crippen molar-refractivity contribution < 1.29 is 19.8 Å². The first-order chi connectivity index (χ1) is 9.06. The van der Waals surface area contributed by atoms with E-state index in [4.69, 9.17) is 5.11 Å². The van der Waals surface area contributed by atoms with Crippen molar-refractivity contribution in [3.63, 3.8) is 0 Å². The number of hydrogen-bond acceptors (Lipinski definition) is 3. The highest BCUT2D eigenvalue weighted by Crippen LogP contribution is 2.22. The fourth-order valence-corrected chi connectivity index (χ4v) is 1.88. The van der Waals surface area contributed by atoms with Crippen molar-refractivity contribution in [2.45, 2.75) is 18.9 Å². The zero-order chi connectivity index (χ0) is 13.8. The number of phenols is 1. The molecule has 0 spiro atoms. The van der Waals surface area contributed by atoms with E-state index in [0.29, 0.717) is 5.69 Å². The van der Waals surface area contributed by atoms with E-state index in [2.05, 4.69) is 10.6 Å². The molecule has 1 aliphatic carbocycles. The maximum atomic E-state index is 11.7. The van der Waals surface area contributed by atoms with Crippen LogP contribution in [0.25, 0.3) is 0 Å². The van der Waals surface area contributed by atoms with Gasteiger partial charge in [-0.25, -0.2) is 9.59 Å². The third-order valence-electron chi connectivity index (χ3n) is 2.83. The van der Waals surface area contributed by atoms with Crippen LogP contribution in [0.1, 0.15) is 23.2 Å².